The van der Waals surface area contributed by atoms with Gasteiger partial charge in [0.25, 0.3) is 0 Å². The Morgan fingerprint density at radius 1 is 0.773 bits per heavy atom. The molecule has 0 aliphatic rings. The second kappa shape index (κ2) is 30.9. The predicted octanol–water partition coefficient (Wildman–Crippen LogP) is 8.15. The Morgan fingerprint density at radius 3 is 1.98 bits per heavy atom. The van der Waals surface area contributed by atoms with Crippen LogP contribution in [0.3, 0.4) is 0 Å². The van der Waals surface area contributed by atoms with E-state index in [1.165, 1.54) is 25.7 Å². The molecule has 1 amide bonds. The van der Waals surface area contributed by atoms with E-state index in [1.807, 2.05) is 6.08 Å². The zero-order valence-corrected chi connectivity index (χ0v) is 28.3. The zero-order chi connectivity index (χ0) is 32.6. The van der Waals surface area contributed by atoms with Gasteiger partial charge in [-0.3, -0.25) is 13.8 Å². The van der Waals surface area contributed by atoms with Crippen molar-refractivity contribution in [3.63, 3.8) is 0 Å². The molecular formula is C35H61N2O6P. The molecule has 0 aliphatic heterocycles. The second-order valence-corrected chi connectivity index (χ2v) is 12.1. The Bertz CT molecular complexity index is 913. The van der Waals surface area contributed by atoms with Crippen molar-refractivity contribution in [3.8, 4) is 0 Å². The maximum absolute atomic E-state index is 12.6. The molecule has 9 heteroatoms. The molecule has 0 heterocycles. The fraction of sp³-hybridized carbons (Fsp3) is 0.629. The Morgan fingerprint density at radius 2 is 1.34 bits per heavy atom. The summed E-state index contributed by atoms with van der Waals surface area (Å²) in [5.41, 5.74) is 5.33. The van der Waals surface area contributed by atoms with Crippen LogP contribution in [0, 0.1) is 0 Å². The summed E-state index contributed by atoms with van der Waals surface area (Å²) in [6, 6.07) is -0.899. The number of amides is 1. The van der Waals surface area contributed by atoms with E-state index in [0.717, 1.165) is 57.8 Å². The van der Waals surface area contributed by atoms with Crippen LogP contribution in [0.25, 0.3) is 0 Å². The Balaban J connectivity index is 4.54. The molecule has 0 saturated heterocycles. The Hall–Kier alpha value is -2.06. The van der Waals surface area contributed by atoms with Gasteiger partial charge < -0.3 is 21.1 Å². The highest BCUT2D eigenvalue weighted by Crippen LogP contribution is 2.43. The highest BCUT2D eigenvalue weighted by Gasteiger charge is 2.26. The molecule has 5 N–H and O–H groups in total. The largest absolute Gasteiger partial charge is 0.472 e. The summed E-state index contributed by atoms with van der Waals surface area (Å²) >= 11 is 0. The van der Waals surface area contributed by atoms with Crippen molar-refractivity contribution in [2.24, 2.45) is 5.73 Å². The first kappa shape index (κ1) is 41.9. The molecule has 0 saturated carbocycles. The first-order valence-electron chi connectivity index (χ1n) is 16.6. The molecule has 0 aliphatic carbocycles. The Kier molecular flexibility index (Phi) is 29.5. The number of aliphatic hydroxyl groups is 1. The van der Waals surface area contributed by atoms with E-state index in [4.69, 9.17) is 14.8 Å². The van der Waals surface area contributed by atoms with Crippen LogP contribution in [0.4, 0.5) is 0 Å². The standard InChI is InChI=1S/C35H61N2O6P/c1-3-5-7-9-11-13-15-16-17-18-19-21-23-25-27-29-35(39)37-33(32-43-44(40,41)42-31-30-36)34(38)28-26-24-22-20-14-12-10-8-6-4-2/h5,7,11,13-14,16-17,19-21,26,28,33-34,38H,3-4,6,8-10,12,15,18,22-25,27,29-32,36H2,1-2H3,(H,37,39)(H,40,41)/b7-5-,13-11-,17-16-,20-14+,21-19-,28-26+. The number of allylic oxidation sites excluding steroid dienone is 11. The van der Waals surface area contributed by atoms with Gasteiger partial charge in [-0.05, 0) is 70.6 Å². The summed E-state index contributed by atoms with van der Waals surface area (Å²) in [7, 11) is -4.35. The minimum Gasteiger partial charge on any atom is -0.387 e. The van der Waals surface area contributed by atoms with Crippen LogP contribution < -0.4 is 11.1 Å². The molecule has 252 valence electrons. The van der Waals surface area contributed by atoms with E-state index in [-0.39, 0.29) is 32.1 Å². The quantitative estimate of drug-likeness (QED) is 0.0370. The number of phosphoric acid groups is 1. The number of phosphoric ester groups is 1. The van der Waals surface area contributed by atoms with Gasteiger partial charge in [0.2, 0.25) is 5.91 Å². The van der Waals surface area contributed by atoms with E-state index < -0.39 is 20.0 Å². The predicted molar refractivity (Wildman–Crippen MR) is 184 cm³/mol. The third-order valence-electron chi connectivity index (χ3n) is 6.52. The first-order valence-corrected chi connectivity index (χ1v) is 18.1. The van der Waals surface area contributed by atoms with Gasteiger partial charge in [0.15, 0.2) is 0 Å². The molecule has 44 heavy (non-hydrogen) atoms. The van der Waals surface area contributed by atoms with E-state index in [2.05, 4.69) is 79.9 Å². The van der Waals surface area contributed by atoms with Crippen LogP contribution in [-0.4, -0.2) is 47.8 Å². The topological polar surface area (TPSA) is 131 Å². The number of unbranched alkanes of at least 4 members (excludes halogenated alkanes) is 7. The third-order valence-corrected chi connectivity index (χ3v) is 7.50. The number of nitrogens with two attached hydrogens (primary N) is 1. The summed E-state index contributed by atoms with van der Waals surface area (Å²) in [6.07, 6.45) is 38.1. The number of aliphatic hydroxyl groups excluding tert-OH is 1. The van der Waals surface area contributed by atoms with Crippen LogP contribution >= 0.6 is 7.82 Å². The first-order chi connectivity index (χ1) is 21.4. The number of carbonyl (C=O) groups excluding carboxylic acids is 1. The van der Waals surface area contributed by atoms with Gasteiger partial charge in [-0.15, -0.1) is 0 Å². The number of nitrogens with one attached hydrogen (secondary N) is 1. The summed E-state index contributed by atoms with van der Waals surface area (Å²) in [5.74, 6) is -0.252. The summed E-state index contributed by atoms with van der Waals surface area (Å²) in [6.45, 7) is 3.87. The van der Waals surface area contributed by atoms with Crippen LogP contribution in [0.15, 0.2) is 72.9 Å². The monoisotopic (exact) mass is 636 g/mol. The lowest BCUT2D eigenvalue weighted by atomic mass is 10.1. The van der Waals surface area contributed by atoms with Gasteiger partial charge in [-0.25, -0.2) is 4.57 Å². The summed E-state index contributed by atoms with van der Waals surface area (Å²) < 4.78 is 21.9. The fourth-order valence-corrected chi connectivity index (χ4v) is 4.78. The molecule has 0 spiro atoms. The lowest BCUT2D eigenvalue weighted by molar-refractivity contribution is -0.123. The zero-order valence-electron chi connectivity index (χ0n) is 27.4. The van der Waals surface area contributed by atoms with Crippen molar-refractivity contribution < 1.29 is 28.4 Å². The van der Waals surface area contributed by atoms with E-state index in [1.54, 1.807) is 6.08 Å². The average molecular weight is 637 g/mol. The molecule has 0 aromatic carbocycles. The molecule has 8 nitrogen and oxygen atoms in total. The molecule has 3 atom stereocenters. The molecule has 0 fully saturated rings. The van der Waals surface area contributed by atoms with E-state index >= 15 is 0 Å². The van der Waals surface area contributed by atoms with E-state index in [9.17, 15) is 19.4 Å². The normalized spacial score (nSPS) is 15.5. The highest BCUT2D eigenvalue weighted by atomic mass is 31.2. The number of hydrogen-bond donors (Lipinski definition) is 4. The van der Waals surface area contributed by atoms with Crippen LogP contribution in [-0.2, 0) is 18.4 Å². The number of carbonyl (C=O) groups is 1. The molecule has 3 unspecified atom stereocenters. The molecular weight excluding hydrogens is 575 g/mol. The van der Waals surface area contributed by atoms with Gasteiger partial charge >= 0.3 is 7.82 Å². The summed E-state index contributed by atoms with van der Waals surface area (Å²) in [5, 5.41) is 13.5. The molecule has 0 radical (unpaired) electrons. The maximum atomic E-state index is 12.6. The minimum absolute atomic E-state index is 0.0630. The molecule has 0 bridgehead atoms. The van der Waals surface area contributed by atoms with Crippen molar-refractivity contribution in [2.45, 2.75) is 122 Å². The van der Waals surface area contributed by atoms with Crippen LogP contribution in [0.5, 0.6) is 0 Å². The van der Waals surface area contributed by atoms with Crippen molar-refractivity contribution in [3.05, 3.63) is 72.9 Å². The van der Waals surface area contributed by atoms with Crippen molar-refractivity contribution >= 4 is 13.7 Å². The molecule has 0 rings (SSSR count). The third kappa shape index (κ3) is 28.7. The van der Waals surface area contributed by atoms with Crippen LogP contribution in [0.2, 0.25) is 0 Å². The molecule has 0 aromatic rings. The van der Waals surface area contributed by atoms with E-state index in [0.29, 0.717) is 6.42 Å². The lowest BCUT2D eigenvalue weighted by Crippen LogP contribution is -2.45. The van der Waals surface area contributed by atoms with Gasteiger partial charge in [-0.1, -0.05) is 106 Å². The van der Waals surface area contributed by atoms with Crippen molar-refractivity contribution in [2.75, 3.05) is 19.8 Å². The van der Waals surface area contributed by atoms with Crippen LogP contribution in [0.1, 0.15) is 110 Å². The lowest BCUT2D eigenvalue weighted by Gasteiger charge is -2.23. The van der Waals surface area contributed by atoms with Crippen molar-refractivity contribution in [1.29, 1.82) is 0 Å². The van der Waals surface area contributed by atoms with Gasteiger partial charge in [0, 0.05) is 13.0 Å². The fourth-order valence-electron chi connectivity index (χ4n) is 4.02. The number of rotatable bonds is 29. The van der Waals surface area contributed by atoms with Crippen molar-refractivity contribution in [1.82, 2.24) is 5.32 Å². The van der Waals surface area contributed by atoms with Gasteiger partial charge in [0.05, 0.1) is 25.4 Å². The summed E-state index contributed by atoms with van der Waals surface area (Å²) in [4.78, 5) is 22.5. The molecule has 0 aromatic heterocycles. The smallest absolute Gasteiger partial charge is 0.387 e. The SMILES string of the molecule is CC/C=C\C/C=C\C/C=C\C/C=C\CCCCC(=O)NC(COP(=O)(O)OCCN)C(O)/C=C/CC/C=C/CCCCCC. The van der Waals surface area contributed by atoms with Gasteiger partial charge in [-0.2, -0.15) is 0 Å². The minimum atomic E-state index is -4.35. The average Bonchev–Trinajstić information content (AvgIpc) is 3.01. The van der Waals surface area contributed by atoms with Gasteiger partial charge in [0.1, 0.15) is 0 Å². The second-order valence-electron chi connectivity index (χ2n) is 10.6. The maximum Gasteiger partial charge on any atom is 0.472 e. The Labute approximate surface area is 267 Å². The number of hydrogen-bond acceptors (Lipinski definition) is 6. The highest BCUT2D eigenvalue weighted by molar-refractivity contribution is 7.47.